The zero-order chi connectivity index (χ0) is 10.8. The van der Waals surface area contributed by atoms with Crippen LogP contribution in [0.3, 0.4) is 0 Å². The van der Waals surface area contributed by atoms with Crippen molar-refractivity contribution < 1.29 is 0 Å². The minimum atomic E-state index is -0.0231. The lowest BCUT2D eigenvalue weighted by Crippen LogP contribution is -2.05. The van der Waals surface area contributed by atoms with E-state index >= 15 is 0 Å². The van der Waals surface area contributed by atoms with Crippen LogP contribution in [0.1, 0.15) is 18.3 Å². The monoisotopic (exact) mass is 241 g/mol. The van der Waals surface area contributed by atoms with Gasteiger partial charge in [-0.05, 0) is 18.6 Å². The molecule has 0 atom stereocenters. The number of aromatic nitrogens is 3. The van der Waals surface area contributed by atoms with Crippen LogP contribution >= 0.6 is 23.6 Å². The third-order valence-electron chi connectivity index (χ3n) is 2.22. The second kappa shape index (κ2) is 4.16. The van der Waals surface area contributed by atoms with Gasteiger partial charge in [-0.1, -0.05) is 18.3 Å². The summed E-state index contributed by atoms with van der Waals surface area (Å²) in [7, 11) is 0. The number of nitrogens with one attached hydrogen (secondary N) is 2. The van der Waals surface area contributed by atoms with E-state index in [-0.39, 0.29) is 4.87 Å². The van der Waals surface area contributed by atoms with E-state index in [9.17, 15) is 4.79 Å². The van der Waals surface area contributed by atoms with E-state index in [4.69, 9.17) is 12.2 Å². The predicted octanol–water partition coefficient (Wildman–Crippen LogP) is 1.91. The molecule has 0 unspecified atom stereocenters. The molecule has 0 aliphatic carbocycles. The van der Waals surface area contributed by atoms with Crippen LogP contribution in [0, 0.1) is 4.77 Å². The van der Waals surface area contributed by atoms with E-state index in [0.29, 0.717) is 11.3 Å². The minimum Gasteiger partial charge on any atom is -0.337 e. The number of H-pyrrole nitrogens is 2. The molecule has 2 N–H and O–H groups in total. The van der Waals surface area contributed by atoms with Gasteiger partial charge in [-0.25, -0.2) is 0 Å². The fourth-order valence-corrected chi connectivity index (χ4v) is 2.27. The number of imidazole rings is 1. The maximum absolute atomic E-state index is 11.0. The van der Waals surface area contributed by atoms with E-state index in [0.717, 1.165) is 17.8 Å². The van der Waals surface area contributed by atoms with Gasteiger partial charge in [0.05, 0.1) is 6.54 Å². The summed E-state index contributed by atoms with van der Waals surface area (Å²) in [6, 6.07) is 0. The van der Waals surface area contributed by atoms with Gasteiger partial charge < -0.3 is 14.5 Å². The Balaban J connectivity index is 2.35. The summed E-state index contributed by atoms with van der Waals surface area (Å²) in [6.45, 7) is 2.70. The molecule has 0 saturated heterocycles. The molecule has 2 aromatic rings. The maximum atomic E-state index is 11.0. The van der Waals surface area contributed by atoms with Crippen LogP contribution in [-0.4, -0.2) is 14.5 Å². The Hall–Kier alpha value is -1.14. The van der Waals surface area contributed by atoms with Gasteiger partial charge in [0.25, 0.3) is 0 Å². The number of thiazole rings is 1. The molecule has 2 heterocycles. The van der Waals surface area contributed by atoms with Crippen LogP contribution < -0.4 is 4.87 Å². The number of hydrogen-bond acceptors (Lipinski definition) is 3. The molecule has 0 spiro atoms. The Morgan fingerprint density at radius 3 is 3.00 bits per heavy atom. The molecule has 0 aliphatic rings. The van der Waals surface area contributed by atoms with E-state index in [1.165, 1.54) is 11.3 Å². The molecule has 2 aromatic heterocycles. The first-order valence-corrected chi connectivity index (χ1v) is 5.93. The molecule has 0 saturated carbocycles. The van der Waals surface area contributed by atoms with Crippen molar-refractivity contribution in [3.63, 3.8) is 0 Å². The lowest BCUT2D eigenvalue weighted by Gasteiger charge is -2.04. The first kappa shape index (κ1) is 10.4. The fraction of sp³-hybridized carbons (Fsp3) is 0.333. The Bertz CT molecular complexity index is 560. The molecule has 0 amide bonds. The van der Waals surface area contributed by atoms with Crippen LogP contribution in [0.5, 0.6) is 0 Å². The molecule has 0 fully saturated rings. The maximum Gasteiger partial charge on any atom is 0.304 e. The third-order valence-corrected chi connectivity index (χ3v) is 3.27. The molecule has 80 valence electrons. The number of aromatic amines is 2. The van der Waals surface area contributed by atoms with Crippen LogP contribution in [0.2, 0.25) is 0 Å². The number of aryl methyl sites for hydroxylation is 1. The highest BCUT2D eigenvalue weighted by atomic mass is 32.1. The standard InChI is InChI=1S/C9H11N3OS2/c1-2-7-3-10-8(14)12(7)4-6-5-15-9(13)11-6/h3,5H,2,4H2,1H3,(H,10,14)(H,11,13). The van der Waals surface area contributed by atoms with Gasteiger partial charge in [0.15, 0.2) is 4.77 Å². The molecule has 6 heteroatoms. The highest BCUT2D eigenvalue weighted by Crippen LogP contribution is 2.06. The van der Waals surface area contributed by atoms with Gasteiger partial charge >= 0.3 is 4.87 Å². The Morgan fingerprint density at radius 2 is 2.40 bits per heavy atom. The van der Waals surface area contributed by atoms with Crippen LogP contribution in [0.4, 0.5) is 0 Å². The molecule has 0 bridgehead atoms. The third kappa shape index (κ3) is 2.10. The van der Waals surface area contributed by atoms with E-state index in [1.54, 1.807) is 0 Å². The molecule has 0 radical (unpaired) electrons. The highest BCUT2D eigenvalue weighted by Gasteiger charge is 2.04. The topological polar surface area (TPSA) is 53.6 Å². The average molecular weight is 241 g/mol. The second-order valence-corrected chi connectivity index (χ2v) is 4.43. The van der Waals surface area contributed by atoms with Crippen LogP contribution in [-0.2, 0) is 13.0 Å². The van der Waals surface area contributed by atoms with Crippen molar-refractivity contribution in [3.05, 3.63) is 37.4 Å². The van der Waals surface area contributed by atoms with Crippen molar-refractivity contribution in [2.75, 3.05) is 0 Å². The van der Waals surface area contributed by atoms with Crippen molar-refractivity contribution in [1.82, 2.24) is 14.5 Å². The highest BCUT2D eigenvalue weighted by molar-refractivity contribution is 7.71. The largest absolute Gasteiger partial charge is 0.337 e. The Morgan fingerprint density at radius 1 is 1.60 bits per heavy atom. The SMILES string of the molecule is CCc1c[nH]c(=S)n1Cc1csc(=O)[nH]1. The van der Waals surface area contributed by atoms with Gasteiger partial charge in [0.1, 0.15) is 0 Å². The van der Waals surface area contributed by atoms with E-state index in [1.807, 2.05) is 16.1 Å². The summed E-state index contributed by atoms with van der Waals surface area (Å²) >= 11 is 6.34. The summed E-state index contributed by atoms with van der Waals surface area (Å²) in [6.07, 6.45) is 2.83. The number of hydrogen-bond donors (Lipinski definition) is 2. The summed E-state index contributed by atoms with van der Waals surface area (Å²) in [4.78, 5) is 16.7. The fourth-order valence-electron chi connectivity index (χ4n) is 1.46. The van der Waals surface area contributed by atoms with Crippen molar-refractivity contribution in [2.24, 2.45) is 0 Å². The van der Waals surface area contributed by atoms with E-state index in [2.05, 4.69) is 16.9 Å². The smallest absolute Gasteiger partial charge is 0.304 e. The van der Waals surface area contributed by atoms with E-state index < -0.39 is 0 Å². The summed E-state index contributed by atoms with van der Waals surface area (Å²) < 4.78 is 2.69. The first-order valence-electron chi connectivity index (χ1n) is 4.64. The lowest BCUT2D eigenvalue weighted by atomic mass is 10.3. The molecule has 0 aromatic carbocycles. The second-order valence-electron chi connectivity index (χ2n) is 3.20. The quantitative estimate of drug-likeness (QED) is 0.806. The zero-order valence-corrected chi connectivity index (χ0v) is 9.87. The van der Waals surface area contributed by atoms with Gasteiger partial charge in [-0.15, -0.1) is 0 Å². The summed E-state index contributed by atoms with van der Waals surface area (Å²) in [5.74, 6) is 0. The van der Waals surface area contributed by atoms with Gasteiger partial charge in [0.2, 0.25) is 0 Å². The van der Waals surface area contributed by atoms with Crippen LogP contribution in [0.25, 0.3) is 0 Å². The van der Waals surface area contributed by atoms with Crippen LogP contribution in [0.15, 0.2) is 16.4 Å². The Kier molecular flexibility index (Phi) is 2.88. The number of rotatable bonds is 3. The number of nitrogens with zero attached hydrogens (tertiary/aromatic N) is 1. The Labute approximate surface area is 95.6 Å². The molecular weight excluding hydrogens is 230 g/mol. The molecule has 2 rings (SSSR count). The molecular formula is C9H11N3OS2. The molecule has 4 nitrogen and oxygen atoms in total. The van der Waals surface area contributed by atoms with Crippen molar-refractivity contribution in [3.8, 4) is 0 Å². The summed E-state index contributed by atoms with van der Waals surface area (Å²) in [5.41, 5.74) is 2.04. The molecule has 15 heavy (non-hydrogen) atoms. The lowest BCUT2D eigenvalue weighted by molar-refractivity contribution is 0.722. The zero-order valence-electron chi connectivity index (χ0n) is 8.24. The van der Waals surface area contributed by atoms with Crippen molar-refractivity contribution in [2.45, 2.75) is 19.9 Å². The molecule has 0 aliphatic heterocycles. The first-order chi connectivity index (χ1) is 7.20. The van der Waals surface area contributed by atoms with Crippen molar-refractivity contribution >= 4 is 23.6 Å². The average Bonchev–Trinajstić information content (AvgIpc) is 2.76. The normalized spacial score (nSPS) is 10.7. The van der Waals surface area contributed by atoms with Gasteiger partial charge in [0, 0.05) is 23.0 Å². The summed E-state index contributed by atoms with van der Waals surface area (Å²) in [5, 5.41) is 1.83. The predicted molar refractivity (Wildman–Crippen MR) is 63.0 cm³/mol. The van der Waals surface area contributed by atoms with Gasteiger partial charge in [-0.3, -0.25) is 4.79 Å². The van der Waals surface area contributed by atoms with Crippen molar-refractivity contribution in [1.29, 1.82) is 0 Å². The minimum absolute atomic E-state index is 0.0231. The van der Waals surface area contributed by atoms with Gasteiger partial charge in [-0.2, -0.15) is 0 Å².